The van der Waals surface area contributed by atoms with Crippen molar-refractivity contribution in [2.75, 3.05) is 5.73 Å². The standard InChI is InChI=1S/C23H22ClN5O2S/c1-14(2)32(30,31)29-19-12-16(8-10-18(19)26-23(29)25)22-21(15-6-4-3-5-7-15)27-20-11-9-17(24)13-28(20)22/h3-14,21-22H,1-2H3,(H2,25,26). The molecule has 0 aliphatic carbocycles. The molecule has 2 unspecified atom stereocenters. The van der Waals surface area contributed by atoms with Crippen molar-refractivity contribution >= 4 is 44.4 Å². The summed E-state index contributed by atoms with van der Waals surface area (Å²) >= 11 is 6.32. The van der Waals surface area contributed by atoms with Crippen molar-refractivity contribution in [3.8, 4) is 0 Å². The van der Waals surface area contributed by atoms with E-state index in [0.717, 1.165) is 20.9 Å². The second-order valence-electron chi connectivity index (χ2n) is 8.12. The minimum Gasteiger partial charge on any atom is -0.368 e. The first-order valence-electron chi connectivity index (χ1n) is 10.3. The minimum atomic E-state index is -3.69. The fraction of sp³-hybridized carbons (Fsp3) is 0.217. The lowest BCUT2D eigenvalue weighted by molar-refractivity contribution is 0.395. The van der Waals surface area contributed by atoms with E-state index in [2.05, 4.69) is 4.98 Å². The smallest absolute Gasteiger partial charge is 0.244 e. The van der Waals surface area contributed by atoms with Gasteiger partial charge in [-0.25, -0.2) is 17.4 Å². The number of hydrogen-bond acceptors (Lipinski definition) is 6. The van der Waals surface area contributed by atoms with Crippen LogP contribution < -0.4 is 5.73 Å². The fourth-order valence-electron chi connectivity index (χ4n) is 4.18. The molecule has 3 aromatic rings. The predicted molar refractivity (Wildman–Crippen MR) is 128 cm³/mol. The number of allylic oxidation sites excluding steroid dienone is 2. The maximum absolute atomic E-state index is 13.0. The molecule has 0 radical (unpaired) electrons. The number of nitrogens with zero attached hydrogens (tertiary/aromatic N) is 4. The SMILES string of the molecule is CC(C)S(=O)(=O)n1c(N)nc2ccc(C3C(c4ccccc4)N=C4C=CC(Cl)=CN43)cc21. The van der Waals surface area contributed by atoms with Gasteiger partial charge in [0.15, 0.2) is 0 Å². The Morgan fingerprint density at radius 2 is 1.81 bits per heavy atom. The quantitative estimate of drug-likeness (QED) is 0.615. The molecule has 0 saturated heterocycles. The Balaban J connectivity index is 1.70. The highest BCUT2D eigenvalue weighted by molar-refractivity contribution is 7.90. The molecule has 0 amide bonds. The molecular weight excluding hydrogens is 446 g/mol. The summed E-state index contributed by atoms with van der Waals surface area (Å²) in [6.45, 7) is 3.25. The van der Waals surface area contributed by atoms with Gasteiger partial charge in [0.2, 0.25) is 16.0 Å². The summed E-state index contributed by atoms with van der Waals surface area (Å²) in [4.78, 5) is 11.2. The lowest BCUT2D eigenvalue weighted by atomic mass is 9.93. The number of aliphatic imine (C=N–C) groups is 1. The second kappa shape index (κ2) is 7.50. The van der Waals surface area contributed by atoms with E-state index in [1.54, 1.807) is 19.9 Å². The summed E-state index contributed by atoms with van der Waals surface area (Å²) < 4.78 is 27.1. The van der Waals surface area contributed by atoms with E-state index >= 15 is 0 Å². The third kappa shape index (κ3) is 3.22. The average molecular weight is 468 g/mol. The minimum absolute atomic E-state index is 0.0438. The molecule has 32 heavy (non-hydrogen) atoms. The number of nitrogens with two attached hydrogens (primary N) is 1. The summed E-state index contributed by atoms with van der Waals surface area (Å²) in [5, 5.41) is -0.0428. The van der Waals surface area contributed by atoms with Crippen molar-refractivity contribution in [1.82, 2.24) is 13.9 Å². The van der Waals surface area contributed by atoms with Crippen LogP contribution in [-0.4, -0.2) is 33.4 Å². The van der Waals surface area contributed by atoms with Gasteiger partial charge in [-0.05, 0) is 49.3 Å². The van der Waals surface area contributed by atoms with Crippen LogP contribution in [0.3, 0.4) is 0 Å². The molecule has 0 bridgehead atoms. The molecule has 2 aliphatic heterocycles. The van der Waals surface area contributed by atoms with E-state index in [9.17, 15) is 8.42 Å². The molecule has 7 nitrogen and oxygen atoms in total. The van der Waals surface area contributed by atoms with Gasteiger partial charge in [0.1, 0.15) is 11.9 Å². The number of aromatic nitrogens is 2. The Morgan fingerprint density at radius 3 is 2.53 bits per heavy atom. The predicted octanol–water partition coefficient (Wildman–Crippen LogP) is 4.35. The van der Waals surface area contributed by atoms with Gasteiger partial charge in [-0.1, -0.05) is 48.0 Å². The highest BCUT2D eigenvalue weighted by Crippen LogP contribution is 2.44. The van der Waals surface area contributed by atoms with Crippen molar-refractivity contribution in [3.05, 3.63) is 83.0 Å². The Hall–Kier alpha value is -3.10. The molecule has 2 atom stereocenters. The molecule has 2 aliphatic rings. The van der Waals surface area contributed by atoms with Crippen LogP contribution in [-0.2, 0) is 10.0 Å². The van der Waals surface area contributed by atoms with E-state index in [0.29, 0.717) is 16.1 Å². The number of halogens is 1. The van der Waals surface area contributed by atoms with E-state index < -0.39 is 15.3 Å². The van der Waals surface area contributed by atoms with E-state index in [-0.39, 0.29) is 18.0 Å². The molecule has 5 rings (SSSR count). The number of nitrogen functional groups attached to an aromatic ring is 1. The Labute approximate surface area is 191 Å². The third-order valence-corrected chi connectivity index (χ3v) is 8.09. The summed E-state index contributed by atoms with van der Waals surface area (Å²) in [6, 6.07) is 15.2. The van der Waals surface area contributed by atoms with Crippen LogP contribution in [0, 0.1) is 0 Å². The molecule has 2 aromatic carbocycles. The van der Waals surface area contributed by atoms with Crippen LogP contribution in [0.25, 0.3) is 11.0 Å². The summed E-state index contributed by atoms with van der Waals surface area (Å²) in [5.74, 6) is 0.758. The number of fused-ring (bicyclic) bond motifs is 2. The number of imidazole rings is 1. The van der Waals surface area contributed by atoms with Gasteiger partial charge >= 0.3 is 0 Å². The number of benzene rings is 2. The molecule has 9 heteroatoms. The lowest BCUT2D eigenvalue weighted by Crippen LogP contribution is -2.27. The normalized spacial score (nSPS) is 20.6. The molecular formula is C23H22ClN5O2S. The molecule has 0 fully saturated rings. The third-order valence-electron chi connectivity index (χ3n) is 5.78. The zero-order valence-electron chi connectivity index (χ0n) is 17.6. The number of hydrogen-bond donors (Lipinski definition) is 1. The van der Waals surface area contributed by atoms with Crippen LogP contribution in [0.5, 0.6) is 0 Å². The highest BCUT2D eigenvalue weighted by Gasteiger charge is 2.38. The topological polar surface area (TPSA) is 93.6 Å². The number of anilines is 1. The average Bonchev–Trinajstić information content (AvgIpc) is 3.30. The first-order chi connectivity index (χ1) is 15.3. The maximum Gasteiger partial charge on any atom is 0.244 e. The van der Waals surface area contributed by atoms with Crippen molar-refractivity contribution < 1.29 is 8.42 Å². The monoisotopic (exact) mass is 467 g/mol. The first-order valence-corrected chi connectivity index (χ1v) is 12.1. The van der Waals surface area contributed by atoms with Crippen LogP contribution >= 0.6 is 11.6 Å². The fourth-order valence-corrected chi connectivity index (χ4v) is 5.49. The molecule has 2 N–H and O–H groups in total. The van der Waals surface area contributed by atoms with Gasteiger partial charge in [0.05, 0.1) is 27.4 Å². The van der Waals surface area contributed by atoms with Crippen molar-refractivity contribution in [2.45, 2.75) is 31.2 Å². The maximum atomic E-state index is 13.0. The van der Waals surface area contributed by atoms with Gasteiger partial charge in [-0.3, -0.25) is 4.99 Å². The largest absolute Gasteiger partial charge is 0.368 e. The second-order valence-corrected chi connectivity index (χ2v) is 10.9. The molecule has 1 aromatic heterocycles. The van der Waals surface area contributed by atoms with Gasteiger partial charge in [0.25, 0.3) is 0 Å². The van der Waals surface area contributed by atoms with Crippen LogP contribution in [0.4, 0.5) is 5.95 Å². The molecule has 164 valence electrons. The van der Waals surface area contributed by atoms with E-state index in [4.69, 9.17) is 22.3 Å². The number of rotatable bonds is 4. The molecule has 0 saturated carbocycles. The summed E-state index contributed by atoms with van der Waals surface area (Å²) in [5.41, 5.74) is 8.95. The van der Waals surface area contributed by atoms with Crippen molar-refractivity contribution in [3.63, 3.8) is 0 Å². The van der Waals surface area contributed by atoms with Crippen LogP contribution in [0.2, 0.25) is 0 Å². The van der Waals surface area contributed by atoms with E-state index in [1.807, 2.05) is 65.7 Å². The van der Waals surface area contributed by atoms with Crippen LogP contribution in [0.1, 0.15) is 37.1 Å². The van der Waals surface area contributed by atoms with Gasteiger partial charge < -0.3 is 10.6 Å². The zero-order valence-corrected chi connectivity index (χ0v) is 19.1. The zero-order chi connectivity index (χ0) is 22.6. The van der Waals surface area contributed by atoms with Gasteiger partial charge in [-0.15, -0.1) is 0 Å². The van der Waals surface area contributed by atoms with Gasteiger partial charge in [-0.2, -0.15) is 0 Å². The van der Waals surface area contributed by atoms with Gasteiger partial charge in [0, 0.05) is 6.20 Å². The summed E-state index contributed by atoms with van der Waals surface area (Å²) in [7, 11) is -3.69. The molecule has 3 heterocycles. The van der Waals surface area contributed by atoms with E-state index in [1.165, 1.54) is 0 Å². The van der Waals surface area contributed by atoms with Crippen molar-refractivity contribution in [2.24, 2.45) is 4.99 Å². The van der Waals surface area contributed by atoms with Crippen molar-refractivity contribution in [1.29, 1.82) is 0 Å². The molecule has 0 spiro atoms. The Kier molecular flexibility index (Phi) is 4.87. The number of amidine groups is 1. The Bertz CT molecular complexity index is 1410. The lowest BCUT2D eigenvalue weighted by Gasteiger charge is -2.29. The first kappa shape index (κ1) is 20.8. The summed E-state index contributed by atoms with van der Waals surface area (Å²) in [6.07, 6.45) is 5.56. The van der Waals surface area contributed by atoms with Crippen LogP contribution in [0.15, 0.2) is 76.9 Å². The Morgan fingerprint density at radius 1 is 1.06 bits per heavy atom. The highest BCUT2D eigenvalue weighted by atomic mass is 35.5.